The number of para-hydroxylation sites is 2. The van der Waals surface area contributed by atoms with Crippen LogP contribution in [0.4, 0.5) is 0 Å². The van der Waals surface area contributed by atoms with Crippen molar-refractivity contribution in [3.05, 3.63) is 170 Å². The number of hydrogen-bond donors (Lipinski definition) is 0. The quantitative estimate of drug-likeness (QED) is 0.197. The average molecular weight is 601 g/mol. The summed E-state index contributed by atoms with van der Waals surface area (Å²) in [6.45, 7) is 0. The molecule has 0 saturated carbocycles. The van der Waals surface area contributed by atoms with Gasteiger partial charge in [0.05, 0.1) is 11.0 Å². The molecule has 0 saturated heterocycles. The zero-order valence-electron chi connectivity index (χ0n) is 25.5. The summed E-state index contributed by atoms with van der Waals surface area (Å²) in [7, 11) is 0. The Labute approximate surface area is 272 Å². The molecule has 9 aromatic rings. The fraction of sp³-hybridized carbons (Fsp3) is 0. The molecule has 4 heteroatoms. The maximum Gasteiger partial charge on any atom is 0.238 e. The number of benzene rings is 7. The first kappa shape index (κ1) is 27.0. The summed E-state index contributed by atoms with van der Waals surface area (Å²) in [6, 6.07) is 59.3. The van der Waals surface area contributed by atoms with E-state index in [4.69, 9.17) is 15.0 Å². The highest BCUT2D eigenvalue weighted by Gasteiger charge is 2.18. The van der Waals surface area contributed by atoms with Crippen LogP contribution in [0.1, 0.15) is 0 Å². The van der Waals surface area contributed by atoms with Crippen molar-refractivity contribution in [3.63, 3.8) is 0 Å². The minimum absolute atomic E-state index is 0.589. The number of rotatable bonds is 5. The van der Waals surface area contributed by atoms with E-state index >= 15 is 0 Å². The van der Waals surface area contributed by atoms with Gasteiger partial charge in [0.15, 0.2) is 11.6 Å². The van der Waals surface area contributed by atoms with E-state index in [2.05, 4.69) is 168 Å². The first-order chi connectivity index (χ1) is 23.3. The molecule has 0 aliphatic carbocycles. The Morgan fingerprint density at radius 3 is 1.57 bits per heavy atom. The summed E-state index contributed by atoms with van der Waals surface area (Å²) >= 11 is 0. The molecule has 47 heavy (non-hydrogen) atoms. The molecule has 0 amide bonds. The normalized spacial score (nSPS) is 11.4. The van der Waals surface area contributed by atoms with Gasteiger partial charge < -0.3 is 0 Å². The van der Waals surface area contributed by atoms with Crippen molar-refractivity contribution in [3.8, 4) is 51.0 Å². The Balaban J connectivity index is 1.22. The summed E-state index contributed by atoms with van der Waals surface area (Å²) in [6.07, 6.45) is 0. The Morgan fingerprint density at radius 1 is 0.319 bits per heavy atom. The molecule has 0 radical (unpaired) electrons. The smallest absolute Gasteiger partial charge is 0.238 e. The monoisotopic (exact) mass is 600 g/mol. The van der Waals surface area contributed by atoms with Gasteiger partial charge in [-0.2, -0.15) is 9.97 Å². The third-order valence-corrected chi connectivity index (χ3v) is 8.86. The molecular formula is C43H28N4. The number of fused-ring (bicyclic) bond motifs is 4. The standard InChI is InChI=1S/C43H28N4/c1-2-11-29(12-3-1)34-15-10-16-36(28-34)42-44-41(32-24-21-31(22-25-32)35-26-23-30-13-4-5-14-33(30)27-35)45-43(46-42)47-39-19-8-6-17-37(39)38-18-7-9-20-40(38)47/h1-28H. The summed E-state index contributed by atoms with van der Waals surface area (Å²) in [4.78, 5) is 15.4. The Bertz CT molecular complexity index is 2510. The molecule has 0 unspecified atom stereocenters. The Morgan fingerprint density at radius 2 is 0.830 bits per heavy atom. The molecule has 0 fully saturated rings. The first-order valence-corrected chi connectivity index (χ1v) is 15.8. The molecule has 0 aliphatic heterocycles. The zero-order valence-corrected chi connectivity index (χ0v) is 25.5. The molecule has 0 N–H and O–H groups in total. The molecule has 4 nitrogen and oxygen atoms in total. The van der Waals surface area contributed by atoms with Gasteiger partial charge in [-0.3, -0.25) is 4.57 Å². The average Bonchev–Trinajstić information content (AvgIpc) is 3.49. The van der Waals surface area contributed by atoms with Gasteiger partial charge in [-0.05, 0) is 57.3 Å². The lowest BCUT2D eigenvalue weighted by Crippen LogP contribution is -2.06. The van der Waals surface area contributed by atoms with E-state index in [0.29, 0.717) is 17.6 Å². The van der Waals surface area contributed by atoms with Crippen LogP contribution in [-0.2, 0) is 0 Å². The van der Waals surface area contributed by atoms with Crippen molar-refractivity contribution in [1.82, 2.24) is 19.5 Å². The fourth-order valence-electron chi connectivity index (χ4n) is 6.51. The summed E-state index contributed by atoms with van der Waals surface area (Å²) in [5.41, 5.74) is 8.56. The minimum Gasteiger partial charge on any atom is -0.278 e. The van der Waals surface area contributed by atoms with Crippen molar-refractivity contribution in [2.75, 3.05) is 0 Å². The Kier molecular flexibility index (Phi) is 6.43. The van der Waals surface area contributed by atoms with Gasteiger partial charge in [0, 0.05) is 21.9 Å². The molecule has 2 aromatic heterocycles. The van der Waals surface area contributed by atoms with Crippen LogP contribution >= 0.6 is 0 Å². The predicted octanol–water partition coefficient (Wildman–Crippen LogP) is 10.8. The van der Waals surface area contributed by atoms with Gasteiger partial charge >= 0.3 is 0 Å². The number of aromatic nitrogens is 4. The van der Waals surface area contributed by atoms with Gasteiger partial charge in [0.25, 0.3) is 0 Å². The van der Waals surface area contributed by atoms with Crippen LogP contribution in [0.25, 0.3) is 83.6 Å². The molecule has 0 spiro atoms. The van der Waals surface area contributed by atoms with Crippen LogP contribution in [0.3, 0.4) is 0 Å². The van der Waals surface area contributed by atoms with E-state index in [0.717, 1.165) is 49.6 Å². The highest BCUT2D eigenvalue weighted by molar-refractivity contribution is 6.09. The summed E-state index contributed by atoms with van der Waals surface area (Å²) in [5.74, 6) is 1.84. The summed E-state index contributed by atoms with van der Waals surface area (Å²) in [5, 5.41) is 4.79. The highest BCUT2D eigenvalue weighted by atomic mass is 15.2. The maximum atomic E-state index is 5.14. The fourth-order valence-corrected chi connectivity index (χ4v) is 6.51. The van der Waals surface area contributed by atoms with Crippen molar-refractivity contribution in [2.45, 2.75) is 0 Å². The third-order valence-electron chi connectivity index (χ3n) is 8.86. The van der Waals surface area contributed by atoms with Crippen LogP contribution < -0.4 is 0 Å². The highest BCUT2D eigenvalue weighted by Crippen LogP contribution is 2.33. The largest absolute Gasteiger partial charge is 0.278 e. The first-order valence-electron chi connectivity index (χ1n) is 15.8. The predicted molar refractivity (Wildman–Crippen MR) is 193 cm³/mol. The number of hydrogen-bond acceptors (Lipinski definition) is 3. The van der Waals surface area contributed by atoms with E-state index < -0.39 is 0 Å². The van der Waals surface area contributed by atoms with Crippen LogP contribution in [-0.4, -0.2) is 19.5 Å². The van der Waals surface area contributed by atoms with Crippen LogP contribution in [0, 0.1) is 0 Å². The van der Waals surface area contributed by atoms with Gasteiger partial charge in [0.1, 0.15) is 0 Å². The second-order valence-corrected chi connectivity index (χ2v) is 11.7. The van der Waals surface area contributed by atoms with E-state index in [9.17, 15) is 0 Å². The lowest BCUT2D eigenvalue weighted by Gasteiger charge is -2.12. The SMILES string of the molecule is c1ccc(-c2cccc(-c3nc(-c4ccc(-c5ccc6ccccc6c5)cc4)nc(-n4c5ccccc5c5ccccc54)n3)c2)cc1. The van der Waals surface area contributed by atoms with Crippen molar-refractivity contribution < 1.29 is 0 Å². The second-order valence-electron chi connectivity index (χ2n) is 11.7. The van der Waals surface area contributed by atoms with Crippen molar-refractivity contribution in [1.29, 1.82) is 0 Å². The Hall–Kier alpha value is -6.39. The lowest BCUT2D eigenvalue weighted by atomic mass is 10.00. The van der Waals surface area contributed by atoms with E-state index in [1.807, 2.05) is 6.07 Å². The van der Waals surface area contributed by atoms with E-state index in [1.165, 1.54) is 16.3 Å². The minimum atomic E-state index is 0.589. The van der Waals surface area contributed by atoms with Gasteiger partial charge in [0.2, 0.25) is 5.95 Å². The van der Waals surface area contributed by atoms with Gasteiger partial charge in [-0.1, -0.05) is 146 Å². The second kappa shape index (κ2) is 11.2. The van der Waals surface area contributed by atoms with Crippen molar-refractivity contribution in [2.24, 2.45) is 0 Å². The van der Waals surface area contributed by atoms with Gasteiger partial charge in [-0.15, -0.1) is 0 Å². The molecule has 0 aliphatic rings. The van der Waals surface area contributed by atoms with E-state index in [1.54, 1.807) is 0 Å². The maximum absolute atomic E-state index is 5.14. The topological polar surface area (TPSA) is 43.6 Å². The van der Waals surface area contributed by atoms with Crippen LogP contribution in [0.2, 0.25) is 0 Å². The molecule has 7 aromatic carbocycles. The zero-order chi connectivity index (χ0) is 31.2. The van der Waals surface area contributed by atoms with Crippen molar-refractivity contribution >= 4 is 32.6 Å². The van der Waals surface area contributed by atoms with E-state index in [-0.39, 0.29) is 0 Å². The molecular weight excluding hydrogens is 573 g/mol. The van der Waals surface area contributed by atoms with Crippen LogP contribution in [0.15, 0.2) is 170 Å². The third kappa shape index (κ3) is 4.84. The molecule has 2 heterocycles. The molecule has 0 bridgehead atoms. The molecule has 9 rings (SSSR count). The van der Waals surface area contributed by atoms with Crippen LogP contribution in [0.5, 0.6) is 0 Å². The lowest BCUT2D eigenvalue weighted by molar-refractivity contribution is 0.953. The molecule has 0 atom stereocenters. The van der Waals surface area contributed by atoms with Gasteiger partial charge in [-0.25, -0.2) is 4.98 Å². The number of nitrogens with zero attached hydrogens (tertiary/aromatic N) is 4. The molecule has 220 valence electrons. The summed E-state index contributed by atoms with van der Waals surface area (Å²) < 4.78 is 2.16.